The normalized spacial score (nSPS) is 14.8. The molecule has 1 aliphatic carbocycles. The number of aryl methyl sites for hydroxylation is 1. The van der Waals surface area contributed by atoms with Crippen LogP contribution in [0.25, 0.3) is 0 Å². The van der Waals surface area contributed by atoms with E-state index >= 15 is 0 Å². The van der Waals surface area contributed by atoms with Crippen molar-refractivity contribution in [2.75, 3.05) is 19.0 Å². The lowest BCUT2D eigenvalue weighted by Crippen LogP contribution is -2.35. The van der Waals surface area contributed by atoms with Gasteiger partial charge in [-0.1, -0.05) is 18.2 Å². The molecule has 0 atom stereocenters. The monoisotopic (exact) mass is 388 g/mol. The smallest absolute Gasteiger partial charge is 0.319 e. The number of nitrogens with one attached hydrogen (secondary N) is 2. The van der Waals surface area contributed by atoms with Crippen molar-refractivity contribution >= 4 is 27.6 Å². The van der Waals surface area contributed by atoms with Crippen molar-refractivity contribution in [3.8, 4) is 5.75 Å². The third-order valence-corrected chi connectivity index (χ3v) is 5.17. The summed E-state index contributed by atoms with van der Waals surface area (Å²) in [7, 11) is 1.66. The summed E-state index contributed by atoms with van der Waals surface area (Å²) in [6.07, 6.45) is 2.18. The van der Waals surface area contributed by atoms with Crippen molar-refractivity contribution in [2.24, 2.45) is 0 Å². The fourth-order valence-electron chi connectivity index (χ4n) is 2.80. The number of ether oxygens (including phenoxy) is 1. The fraction of sp³-hybridized carbons (Fsp3) is 0.316. The molecule has 1 fully saturated rings. The molecule has 1 aliphatic rings. The van der Waals surface area contributed by atoms with Crippen LogP contribution in [0, 0.1) is 6.92 Å². The lowest BCUT2D eigenvalue weighted by Gasteiger charge is -2.17. The van der Waals surface area contributed by atoms with Gasteiger partial charge in [-0.05, 0) is 71.1 Å². The van der Waals surface area contributed by atoms with E-state index in [2.05, 4.69) is 38.7 Å². The molecule has 24 heavy (non-hydrogen) atoms. The minimum absolute atomic E-state index is 0.0636. The third kappa shape index (κ3) is 3.73. The van der Waals surface area contributed by atoms with Crippen LogP contribution in [0.1, 0.15) is 24.0 Å². The van der Waals surface area contributed by atoms with Gasteiger partial charge in [0.25, 0.3) is 0 Å². The molecule has 2 amide bonds. The number of hydrogen-bond acceptors (Lipinski definition) is 2. The fourth-order valence-corrected chi connectivity index (χ4v) is 3.39. The van der Waals surface area contributed by atoms with Crippen LogP contribution in [-0.4, -0.2) is 19.7 Å². The highest BCUT2D eigenvalue weighted by molar-refractivity contribution is 9.10. The Morgan fingerprint density at radius 1 is 1.21 bits per heavy atom. The minimum Gasteiger partial charge on any atom is -0.497 e. The summed E-state index contributed by atoms with van der Waals surface area (Å²) in [6.45, 7) is 2.65. The molecule has 2 aromatic carbocycles. The van der Waals surface area contributed by atoms with E-state index in [1.54, 1.807) is 7.11 Å². The van der Waals surface area contributed by atoms with Gasteiger partial charge in [0.05, 0.1) is 12.8 Å². The van der Waals surface area contributed by atoms with Crippen LogP contribution in [0.5, 0.6) is 5.75 Å². The van der Waals surface area contributed by atoms with Gasteiger partial charge >= 0.3 is 6.03 Å². The van der Waals surface area contributed by atoms with Crippen molar-refractivity contribution in [2.45, 2.75) is 25.2 Å². The number of anilines is 1. The van der Waals surface area contributed by atoms with E-state index in [0.717, 1.165) is 34.3 Å². The van der Waals surface area contributed by atoms with Crippen molar-refractivity contribution < 1.29 is 9.53 Å². The standard InChI is InChI=1S/C19H21BrN2O2/c1-13-3-8-17(16(20)11-13)22-18(23)21-12-19(9-10-19)14-4-6-15(24-2)7-5-14/h3-8,11H,9-10,12H2,1-2H3,(H2,21,22,23). The number of hydrogen-bond donors (Lipinski definition) is 2. The topological polar surface area (TPSA) is 50.4 Å². The number of rotatable bonds is 5. The molecule has 0 spiro atoms. The summed E-state index contributed by atoms with van der Waals surface area (Å²) in [5.74, 6) is 0.851. The van der Waals surface area contributed by atoms with E-state index in [0.29, 0.717) is 6.54 Å². The number of methoxy groups -OCH3 is 1. The quantitative estimate of drug-likeness (QED) is 0.784. The summed E-state index contributed by atoms with van der Waals surface area (Å²) < 4.78 is 6.09. The van der Waals surface area contributed by atoms with E-state index in [9.17, 15) is 4.79 Å². The predicted molar refractivity (Wildman–Crippen MR) is 99.8 cm³/mol. The average molecular weight is 389 g/mol. The maximum atomic E-state index is 12.2. The van der Waals surface area contributed by atoms with E-state index in [1.165, 1.54) is 5.56 Å². The highest BCUT2D eigenvalue weighted by Gasteiger charge is 2.44. The molecule has 126 valence electrons. The molecule has 0 saturated heterocycles. The number of carbonyl (C=O) groups excluding carboxylic acids is 1. The lowest BCUT2D eigenvalue weighted by atomic mass is 9.96. The molecule has 0 heterocycles. The second-order valence-corrected chi connectivity index (χ2v) is 7.15. The number of urea groups is 1. The zero-order valence-corrected chi connectivity index (χ0v) is 15.4. The first-order chi connectivity index (χ1) is 11.5. The van der Waals surface area contributed by atoms with E-state index < -0.39 is 0 Å². The van der Waals surface area contributed by atoms with Gasteiger partial charge in [-0.15, -0.1) is 0 Å². The highest BCUT2D eigenvalue weighted by Crippen LogP contribution is 2.47. The van der Waals surface area contributed by atoms with E-state index in [-0.39, 0.29) is 11.4 Å². The zero-order chi connectivity index (χ0) is 17.2. The summed E-state index contributed by atoms with van der Waals surface area (Å²) >= 11 is 3.47. The lowest BCUT2D eigenvalue weighted by molar-refractivity contribution is 0.251. The molecule has 0 unspecified atom stereocenters. The molecule has 0 aromatic heterocycles. The van der Waals surface area contributed by atoms with Crippen molar-refractivity contribution in [3.63, 3.8) is 0 Å². The highest BCUT2D eigenvalue weighted by atomic mass is 79.9. The Morgan fingerprint density at radius 2 is 1.92 bits per heavy atom. The Bertz CT molecular complexity index is 740. The van der Waals surface area contributed by atoms with Crippen LogP contribution in [-0.2, 0) is 5.41 Å². The molecule has 1 saturated carbocycles. The van der Waals surface area contributed by atoms with E-state index in [4.69, 9.17) is 4.74 Å². The molecule has 0 bridgehead atoms. The van der Waals surface area contributed by atoms with Crippen LogP contribution in [0.4, 0.5) is 10.5 Å². The maximum Gasteiger partial charge on any atom is 0.319 e. The number of carbonyl (C=O) groups is 1. The first-order valence-corrected chi connectivity index (χ1v) is 8.77. The average Bonchev–Trinajstić information content (AvgIpc) is 3.37. The maximum absolute atomic E-state index is 12.2. The summed E-state index contributed by atoms with van der Waals surface area (Å²) in [5, 5.41) is 5.89. The molecular weight excluding hydrogens is 368 g/mol. The largest absolute Gasteiger partial charge is 0.497 e. The Kier molecular flexibility index (Phi) is 4.81. The number of benzene rings is 2. The van der Waals surface area contributed by atoms with E-state index in [1.807, 2.05) is 37.3 Å². The van der Waals surface area contributed by atoms with Crippen LogP contribution >= 0.6 is 15.9 Å². The zero-order valence-electron chi connectivity index (χ0n) is 13.9. The molecule has 3 rings (SSSR count). The Hall–Kier alpha value is -2.01. The van der Waals surface area contributed by atoms with Gasteiger partial charge in [0, 0.05) is 16.4 Å². The molecule has 0 aliphatic heterocycles. The predicted octanol–water partition coefficient (Wildman–Crippen LogP) is 4.62. The van der Waals surface area contributed by atoms with Crippen molar-refractivity contribution in [1.29, 1.82) is 0 Å². The Morgan fingerprint density at radius 3 is 2.50 bits per heavy atom. The molecular formula is C19H21BrN2O2. The summed E-state index contributed by atoms with van der Waals surface area (Å²) in [5.41, 5.74) is 3.23. The minimum atomic E-state index is -0.181. The van der Waals surface area contributed by atoms with Crippen LogP contribution in [0.15, 0.2) is 46.9 Å². The second-order valence-electron chi connectivity index (χ2n) is 6.30. The molecule has 2 aromatic rings. The first-order valence-electron chi connectivity index (χ1n) is 7.98. The van der Waals surface area contributed by atoms with Gasteiger partial charge < -0.3 is 15.4 Å². The third-order valence-electron chi connectivity index (χ3n) is 4.52. The van der Waals surface area contributed by atoms with Crippen LogP contribution in [0.2, 0.25) is 0 Å². The van der Waals surface area contributed by atoms with Gasteiger partial charge in [0.15, 0.2) is 0 Å². The number of amides is 2. The molecule has 5 heteroatoms. The number of halogens is 1. The van der Waals surface area contributed by atoms with Gasteiger partial charge in [0.1, 0.15) is 5.75 Å². The Labute approximate surface area is 150 Å². The van der Waals surface area contributed by atoms with Gasteiger partial charge in [-0.2, -0.15) is 0 Å². The molecule has 2 N–H and O–H groups in total. The first kappa shape index (κ1) is 16.8. The Balaban J connectivity index is 1.59. The van der Waals surface area contributed by atoms with Crippen LogP contribution in [0.3, 0.4) is 0 Å². The molecule has 4 nitrogen and oxygen atoms in total. The van der Waals surface area contributed by atoms with Gasteiger partial charge in [0.2, 0.25) is 0 Å². The van der Waals surface area contributed by atoms with Crippen LogP contribution < -0.4 is 15.4 Å². The van der Waals surface area contributed by atoms with Crippen molar-refractivity contribution in [3.05, 3.63) is 58.1 Å². The van der Waals surface area contributed by atoms with Gasteiger partial charge in [-0.25, -0.2) is 4.79 Å². The van der Waals surface area contributed by atoms with Gasteiger partial charge in [-0.3, -0.25) is 0 Å². The SMILES string of the molecule is COc1ccc(C2(CNC(=O)Nc3ccc(C)cc3Br)CC2)cc1. The summed E-state index contributed by atoms with van der Waals surface area (Å²) in [6, 6.07) is 13.8. The summed E-state index contributed by atoms with van der Waals surface area (Å²) in [4.78, 5) is 12.2. The molecule has 0 radical (unpaired) electrons. The second kappa shape index (κ2) is 6.85. The van der Waals surface area contributed by atoms with Crippen molar-refractivity contribution in [1.82, 2.24) is 5.32 Å².